The first-order valence-electron chi connectivity index (χ1n) is 5.64. The van der Waals surface area contributed by atoms with Crippen LogP contribution in [0.15, 0.2) is 34.8 Å². The van der Waals surface area contributed by atoms with E-state index in [4.69, 9.17) is 5.11 Å². The van der Waals surface area contributed by atoms with Crippen LogP contribution in [-0.2, 0) is 4.79 Å². The number of amides is 1. The van der Waals surface area contributed by atoms with E-state index < -0.39 is 23.6 Å². The molecule has 19 heavy (non-hydrogen) atoms. The van der Waals surface area contributed by atoms with E-state index in [1.54, 1.807) is 12.2 Å². The first-order chi connectivity index (χ1) is 8.97. The summed E-state index contributed by atoms with van der Waals surface area (Å²) in [6.07, 6.45) is 3.52. The van der Waals surface area contributed by atoms with Gasteiger partial charge in [0.1, 0.15) is 5.82 Å². The maximum atomic E-state index is 13.3. The molecule has 0 radical (unpaired) electrons. The SMILES string of the molecule is O=C(NC1C=CC(C(=O)O)C1)c1ccc(Br)c(F)c1. The molecule has 1 aromatic carbocycles. The van der Waals surface area contributed by atoms with Crippen LogP contribution in [0.3, 0.4) is 0 Å². The fourth-order valence-electron chi connectivity index (χ4n) is 1.88. The van der Waals surface area contributed by atoms with Crippen LogP contribution in [0.4, 0.5) is 4.39 Å². The minimum absolute atomic E-state index is 0.202. The van der Waals surface area contributed by atoms with E-state index >= 15 is 0 Å². The number of nitrogens with one attached hydrogen (secondary N) is 1. The van der Waals surface area contributed by atoms with Gasteiger partial charge >= 0.3 is 5.97 Å². The zero-order chi connectivity index (χ0) is 14.0. The van der Waals surface area contributed by atoms with Crippen molar-refractivity contribution in [2.45, 2.75) is 12.5 Å². The molecule has 0 fully saturated rings. The number of hydrogen-bond acceptors (Lipinski definition) is 2. The summed E-state index contributed by atoms with van der Waals surface area (Å²) in [5.41, 5.74) is 0.202. The van der Waals surface area contributed by atoms with Crippen molar-refractivity contribution in [3.05, 3.63) is 46.2 Å². The molecular weight excluding hydrogens is 317 g/mol. The van der Waals surface area contributed by atoms with Crippen LogP contribution in [-0.4, -0.2) is 23.0 Å². The van der Waals surface area contributed by atoms with Gasteiger partial charge in [-0.05, 0) is 40.5 Å². The number of hydrogen-bond donors (Lipinski definition) is 2. The third kappa shape index (κ3) is 3.20. The van der Waals surface area contributed by atoms with E-state index in [1.165, 1.54) is 12.1 Å². The zero-order valence-electron chi connectivity index (χ0n) is 9.77. The lowest BCUT2D eigenvalue weighted by Crippen LogP contribution is -2.33. The van der Waals surface area contributed by atoms with Gasteiger partial charge in [-0.1, -0.05) is 12.2 Å². The van der Waals surface area contributed by atoms with E-state index in [-0.39, 0.29) is 16.1 Å². The van der Waals surface area contributed by atoms with Gasteiger partial charge in [-0.3, -0.25) is 9.59 Å². The second kappa shape index (κ2) is 5.52. The Morgan fingerprint density at radius 2 is 2.11 bits per heavy atom. The van der Waals surface area contributed by atoms with Crippen LogP contribution in [0.5, 0.6) is 0 Å². The molecule has 0 bridgehead atoms. The summed E-state index contributed by atoms with van der Waals surface area (Å²) in [4.78, 5) is 22.6. The van der Waals surface area contributed by atoms with Gasteiger partial charge in [-0.25, -0.2) is 4.39 Å². The molecule has 2 N–H and O–H groups in total. The summed E-state index contributed by atoms with van der Waals surface area (Å²) >= 11 is 3.01. The quantitative estimate of drug-likeness (QED) is 0.837. The van der Waals surface area contributed by atoms with Crippen LogP contribution in [0, 0.1) is 11.7 Å². The molecule has 0 saturated carbocycles. The highest BCUT2D eigenvalue weighted by Gasteiger charge is 2.25. The van der Waals surface area contributed by atoms with Crippen LogP contribution < -0.4 is 5.32 Å². The number of carbonyl (C=O) groups excluding carboxylic acids is 1. The molecule has 6 heteroatoms. The number of carboxylic acids is 1. The first-order valence-corrected chi connectivity index (χ1v) is 6.43. The number of rotatable bonds is 3. The molecule has 0 aromatic heterocycles. The van der Waals surface area contributed by atoms with E-state index in [0.29, 0.717) is 6.42 Å². The maximum Gasteiger partial charge on any atom is 0.310 e. The summed E-state index contributed by atoms with van der Waals surface area (Å²) < 4.78 is 13.6. The largest absolute Gasteiger partial charge is 0.481 e. The molecule has 2 atom stereocenters. The summed E-state index contributed by atoms with van der Waals surface area (Å²) in [5.74, 6) is -2.43. The Balaban J connectivity index is 2.00. The van der Waals surface area contributed by atoms with Crippen LogP contribution in [0.2, 0.25) is 0 Å². The maximum absolute atomic E-state index is 13.3. The molecular formula is C13H11BrFNO3. The van der Waals surface area contributed by atoms with Crippen molar-refractivity contribution in [1.82, 2.24) is 5.32 Å². The zero-order valence-corrected chi connectivity index (χ0v) is 11.4. The van der Waals surface area contributed by atoms with Gasteiger partial charge in [-0.15, -0.1) is 0 Å². The van der Waals surface area contributed by atoms with Crippen molar-refractivity contribution in [3.8, 4) is 0 Å². The molecule has 0 spiro atoms. The third-order valence-corrected chi connectivity index (χ3v) is 3.54. The van der Waals surface area contributed by atoms with Crippen molar-refractivity contribution in [3.63, 3.8) is 0 Å². The number of benzene rings is 1. The standard InChI is InChI=1S/C13H11BrFNO3/c14-10-4-2-7(6-11(10)15)12(17)16-9-3-1-8(5-9)13(18)19/h1-4,6,8-9H,5H2,(H,16,17)(H,18,19). The summed E-state index contributed by atoms with van der Waals surface area (Å²) in [5, 5.41) is 11.5. The second-order valence-corrected chi connectivity index (χ2v) is 5.13. The average molecular weight is 328 g/mol. The monoisotopic (exact) mass is 327 g/mol. The molecule has 1 aliphatic rings. The van der Waals surface area contributed by atoms with Crippen molar-refractivity contribution in [1.29, 1.82) is 0 Å². The molecule has 1 aliphatic carbocycles. The lowest BCUT2D eigenvalue weighted by atomic mass is 10.1. The summed E-state index contributed by atoms with van der Waals surface area (Å²) in [6, 6.07) is 3.75. The van der Waals surface area contributed by atoms with E-state index in [9.17, 15) is 14.0 Å². The van der Waals surface area contributed by atoms with Crippen LogP contribution in [0.1, 0.15) is 16.8 Å². The molecule has 0 heterocycles. The van der Waals surface area contributed by atoms with Crippen molar-refractivity contribution < 1.29 is 19.1 Å². The lowest BCUT2D eigenvalue weighted by Gasteiger charge is -2.12. The molecule has 1 aromatic rings. The lowest BCUT2D eigenvalue weighted by molar-refractivity contribution is -0.140. The number of carbonyl (C=O) groups is 2. The average Bonchev–Trinajstić information content (AvgIpc) is 2.81. The van der Waals surface area contributed by atoms with Gasteiger partial charge in [0.2, 0.25) is 0 Å². The Morgan fingerprint density at radius 3 is 2.68 bits per heavy atom. The van der Waals surface area contributed by atoms with Crippen molar-refractivity contribution >= 4 is 27.8 Å². The Labute approximate surface area is 117 Å². The highest BCUT2D eigenvalue weighted by molar-refractivity contribution is 9.10. The molecule has 0 aliphatic heterocycles. The minimum atomic E-state index is -0.914. The predicted octanol–water partition coefficient (Wildman–Crippen LogP) is 2.35. The summed E-state index contributed by atoms with van der Waals surface area (Å²) in [7, 11) is 0. The molecule has 100 valence electrons. The van der Waals surface area contributed by atoms with Gasteiger partial charge < -0.3 is 10.4 Å². The van der Waals surface area contributed by atoms with Crippen molar-refractivity contribution in [2.24, 2.45) is 5.92 Å². The molecule has 2 unspecified atom stereocenters. The number of halogens is 2. The fraction of sp³-hybridized carbons (Fsp3) is 0.231. The van der Waals surface area contributed by atoms with E-state index in [0.717, 1.165) is 6.07 Å². The Kier molecular flexibility index (Phi) is 3.99. The predicted molar refractivity (Wildman–Crippen MR) is 70.2 cm³/mol. The highest BCUT2D eigenvalue weighted by atomic mass is 79.9. The third-order valence-electron chi connectivity index (χ3n) is 2.90. The van der Waals surface area contributed by atoms with Gasteiger partial charge in [0.25, 0.3) is 5.91 Å². The van der Waals surface area contributed by atoms with Gasteiger partial charge in [0, 0.05) is 11.6 Å². The van der Waals surface area contributed by atoms with Gasteiger partial charge in [-0.2, -0.15) is 0 Å². The molecule has 1 amide bonds. The normalized spacial score (nSPS) is 21.4. The van der Waals surface area contributed by atoms with E-state index in [2.05, 4.69) is 21.2 Å². The number of carboxylic acid groups (broad SMARTS) is 1. The van der Waals surface area contributed by atoms with Crippen LogP contribution >= 0.6 is 15.9 Å². The van der Waals surface area contributed by atoms with Gasteiger partial charge in [0.05, 0.1) is 10.4 Å². The Morgan fingerprint density at radius 1 is 1.37 bits per heavy atom. The smallest absolute Gasteiger partial charge is 0.310 e. The second-order valence-electron chi connectivity index (χ2n) is 4.27. The molecule has 0 saturated heterocycles. The highest BCUT2D eigenvalue weighted by Crippen LogP contribution is 2.19. The summed E-state index contributed by atoms with van der Waals surface area (Å²) in [6.45, 7) is 0. The topological polar surface area (TPSA) is 66.4 Å². The van der Waals surface area contributed by atoms with Crippen molar-refractivity contribution in [2.75, 3.05) is 0 Å². The van der Waals surface area contributed by atoms with Gasteiger partial charge in [0.15, 0.2) is 0 Å². The minimum Gasteiger partial charge on any atom is -0.481 e. The Hall–Kier alpha value is -1.69. The van der Waals surface area contributed by atoms with E-state index in [1.807, 2.05) is 0 Å². The Bertz CT molecular complexity index is 559. The first kappa shape index (κ1) is 13.7. The molecule has 4 nitrogen and oxygen atoms in total. The van der Waals surface area contributed by atoms with Crippen LogP contribution in [0.25, 0.3) is 0 Å². The fourth-order valence-corrected chi connectivity index (χ4v) is 2.12. The number of aliphatic carboxylic acids is 1. The molecule has 2 rings (SSSR count).